The lowest BCUT2D eigenvalue weighted by molar-refractivity contribution is 0.0117. The number of nitrogens with zero attached hydrogens (tertiary/aromatic N) is 1. The summed E-state index contributed by atoms with van der Waals surface area (Å²) in [5.41, 5.74) is 2.45. The number of rotatable bonds is 5. The zero-order valence-electron chi connectivity index (χ0n) is 17.6. The second-order valence-corrected chi connectivity index (χ2v) is 7.52. The van der Waals surface area contributed by atoms with E-state index in [4.69, 9.17) is 9.15 Å². The molecule has 1 aromatic heterocycles. The van der Waals surface area contributed by atoms with Gasteiger partial charge in [0.25, 0.3) is 5.91 Å². The summed E-state index contributed by atoms with van der Waals surface area (Å²) in [6, 6.07) is 21.1. The molecule has 3 aromatic rings. The van der Waals surface area contributed by atoms with Crippen molar-refractivity contribution in [2.24, 2.45) is 0 Å². The van der Waals surface area contributed by atoms with Gasteiger partial charge < -0.3 is 14.5 Å². The molecule has 1 saturated heterocycles. The van der Waals surface area contributed by atoms with Crippen LogP contribution >= 0.6 is 0 Å². The molecule has 5 nitrogen and oxygen atoms in total. The standard InChI is InChI=1S/C26H26N2O3/c1-20-7-14-25(31-20)24(28-15-17-30-18-16-28)19-27-26(29)23-12-10-22(11-13-23)9-8-21-5-3-2-4-6-21/h2-7,10-14,24H,15-19H2,1H3,(H,27,29). The van der Waals surface area contributed by atoms with E-state index in [2.05, 4.69) is 22.1 Å². The molecule has 1 N–H and O–H groups in total. The molecule has 2 aromatic carbocycles. The van der Waals surface area contributed by atoms with E-state index in [1.165, 1.54) is 0 Å². The predicted molar refractivity (Wildman–Crippen MR) is 120 cm³/mol. The maximum atomic E-state index is 12.7. The minimum absolute atomic E-state index is 0.0161. The number of hydrogen-bond acceptors (Lipinski definition) is 4. The lowest BCUT2D eigenvalue weighted by Gasteiger charge is -2.33. The lowest BCUT2D eigenvalue weighted by Crippen LogP contribution is -2.43. The number of nitrogens with one attached hydrogen (secondary N) is 1. The molecule has 1 amide bonds. The molecule has 1 unspecified atom stereocenters. The van der Waals surface area contributed by atoms with Gasteiger partial charge >= 0.3 is 0 Å². The summed E-state index contributed by atoms with van der Waals surface area (Å²) in [6.07, 6.45) is 0. The van der Waals surface area contributed by atoms with Crippen molar-refractivity contribution in [2.45, 2.75) is 13.0 Å². The largest absolute Gasteiger partial charge is 0.465 e. The van der Waals surface area contributed by atoms with E-state index in [-0.39, 0.29) is 11.9 Å². The highest BCUT2D eigenvalue weighted by molar-refractivity contribution is 5.94. The summed E-state index contributed by atoms with van der Waals surface area (Å²) in [5, 5.41) is 3.06. The summed E-state index contributed by atoms with van der Waals surface area (Å²) in [6.45, 7) is 5.41. The first-order chi connectivity index (χ1) is 15.2. The Bertz CT molecular complexity index is 1060. The fraction of sp³-hybridized carbons (Fsp3) is 0.269. The van der Waals surface area contributed by atoms with Crippen molar-refractivity contribution in [2.75, 3.05) is 32.8 Å². The smallest absolute Gasteiger partial charge is 0.251 e. The summed E-state index contributed by atoms with van der Waals surface area (Å²) < 4.78 is 11.3. The van der Waals surface area contributed by atoms with Crippen molar-refractivity contribution in [3.8, 4) is 11.8 Å². The average molecular weight is 415 g/mol. The lowest BCUT2D eigenvalue weighted by atomic mass is 10.1. The summed E-state index contributed by atoms with van der Waals surface area (Å²) in [4.78, 5) is 15.0. The second kappa shape index (κ2) is 10.1. The Hall–Kier alpha value is -3.33. The van der Waals surface area contributed by atoms with Crippen LogP contribution in [0.1, 0.15) is 39.0 Å². The first kappa shape index (κ1) is 20.9. The normalized spacial score (nSPS) is 15.0. The van der Waals surface area contributed by atoms with Gasteiger partial charge in [-0.05, 0) is 55.5 Å². The minimum atomic E-state index is -0.107. The monoisotopic (exact) mass is 414 g/mol. The Morgan fingerprint density at radius 3 is 2.29 bits per heavy atom. The van der Waals surface area contributed by atoms with Crippen LogP contribution in [0, 0.1) is 18.8 Å². The van der Waals surface area contributed by atoms with E-state index in [1.54, 1.807) is 0 Å². The van der Waals surface area contributed by atoms with Crippen LogP contribution < -0.4 is 5.32 Å². The van der Waals surface area contributed by atoms with Gasteiger partial charge in [0.1, 0.15) is 11.5 Å². The Morgan fingerprint density at radius 2 is 1.65 bits per heavy atom. The summed E-state index contributed by atoms with van der Waals surface area (Å²) in [5.74, 6) is 7.89. The highest BCUT2D eigenvalue weighted by Gasteiger charge is 2.25. The average Bonchev–Trinajstić information content (AvgIpc) is 3.25. The topological polar surface area (TPSA) is 54.7 Å². The molecule has 5 heteroatoms. The zero-order chi connectivity index (χ0) is 21.5. The van der Waals surface area contributed by atoms with Gasteiger partial charge in [-0.3, -0.25) is 9.69 Å². The third-order valence-corrected chi connectivity index (χ3v) is 5.30. The SMILES string of the molecule is Cc1ccc(C(CNC(=O)c2ccc(C#Cc3ccccc3)cc2)N2CCOCC2)o1. The van der Waals surface area contributed by atoms with Gasteiger partial charge in [-0.15, -0.1) is 0 Å². The van der Waals surface area contributed by atoms with Crippen LogP contribution in [-0.4, -0.2) is 43.7 Å². The highest BCUT2D eigenvalue weighted by atomic mass is 16.5. The second-order valence-electron chi connectivity index (χ2n) is 7.52. The highest BCUT2D eigenvalue weighted by Crippen LogP contribution is 2.23. The van der Waals surface area contributed by atoms with Gasteiger partial charge in [-0.1, -0.05) is 30.0 Å². The third kappa shape index (κ3) is 5.64. The Labute approximate surface area is 183 Å². The third-order valence-electron chi connectivity index (χ3n) is 5.30. The molecule has 31 heavy (non-hydrogen) atoms. The predicted octanol–water partition coefficient (Wildman–Crippen LogP) is 3.79. The molecular formula is C26H26N2O3. The van der Waals surface area contributed by atoms with Crippen molar-refractivity contribution in [1.29, 1.82) is 0 Å². The molecule has 1 aliphatic heterocycles. The van der Waals surface area contributed by atoms with Crippen molar-refractivity contribution in [3.05, 3.63) is 94.9 Å². The molecule has 0 spiro atoms. The number of morpholine rings is 1. The molecule has 4 rings (SSSR count). The molecule has 0 bridgehead atoms. The number of carbonyl (C=O) groups is 1. The number of benzene rings is 2. The molecule has 2 heterocycles. The first-order valence-electron chi connectivity index (χ1n) is 10.5. The van der Waals surface area contributed by atoms with Gasteiger partial charge in [0.05, 0.1) is 19.3 Å². The van der Waals surface area contributed by atoms with Crippen molar-refractivity contribution < 1.29 is 13.9 Å². The Morgan fingerprint density at radius 1 is 0.968 bits per heavy atom. The quantitative estimate of drug-likeness (QED) is 0.646. The van der Waals surface area contributed by atoms with Crippen LogP contribution in [0.25, 0.3) is 0 Å². The molecule has 0 aliphatic carbocycles. The maximum absolute atomic E-state index is 12.7. The molecule has 0 saturated carbocycles. The van der Waals surface area contributed by atoms with Gasteiger partial charge in [0, 0.05) is 36.3 Å². The van der Waals surface area contributed by atoms with E-state index >= 15 is 0 Å². The number of amides is 1. The van der Waals surface area contributed by atoms with E-state index in [0.717, 1.165) is 35.7 Å². The summed E-state index contributed by atoms with van der Waals surface area (Å²) in [7, 11) is 0. The molecule has 158 valence electrons. The van der Waals surface area contributed by atoms with Crippen molar-refractivity contribution in [1.82, 2.24) is 10.2 Å². The number of furan rings is 1. The van der Waals surface area contributed by atoms with E-state index in [0.29, 0.717) is 25.3 Å². The van der Waals surface area contributed by atoms with Crippen LogP contribution in [0.5, 0.6) is 0 Å². The van der Waals surface area contributed by atoms with Crippen LogP contribution in [0.3, 0.4) is 0 Å². The maximum Gasteiger partial charge on any atom is 0.251 e. The van der Waals surface area contributed by atoms with Crippen LogP contribution in [0.15, 0.2) is 71.1 Å². The Balaban J connectivity index is 1.40. The van der Waals surface area contributed by atoms with Crippen LogP contribution in [-0.2, 0) is 4.74 Å². The van der Waals surface area contributed by atoms with E-state index in [9.17, 15) is 4.79 Å². The molecule has 1 aliphatic rings. The van der Waals surface area contributed by atoms with Gasteiger partial charge in [-0.2, -0.15) is 0 Å². The molecular weight excluding hydrogens is 388 g/mol. The van der Waals surface area contributed by atoms with Crippen molar-refractivity contribution in [3.63, 3.8) is 0 Å². The number of hydrogen-bond donors (Lipinski definition) is 1. The van der Waals surface area contributed by atoms with Crippen molar-refractivity contribution >= 4 is 5.91 Å². The fourth-order valence-corrected chi connectivity index (χ4v) is 3.59. The van der Waals surface area contributed by atoms with Crippen LogP contribution in [0.2, 0.25) is 0 Å². The molecule has 0 radical (unpaired) electrons. The van der Waals surface area contributed by atoms with Crippen LogP contribution in [0.4, 0.5) is 0 Å². The zero-order valence-corrected chi connectivity index (χ0v) is 17.6. The van der Waals surface area contributed by atoms with Gasteiger partial charge in [0.2, 0.25) is 0 Å². The minimum Gasteiger partial charge on any atom is -0.465 e. The van der Waals surface area contributed by atoms with E-state index < -0.39 is 0 Å². The van der Waals surface area contributed by atoms with Gasteiger partial charge in [0.15, 0.2) is 0 Å². The summed E-state index contributed by atoms with van der Waals surface area (Å²) >= 11 is 0. The number of carbonyl (C=O) groups excluding carboxylic acids is 1. The number of ether oxygens (including phenoxy) is 1. The Kier molecular flexibility index (Phi) is 6.83. The molecule has 1 atom stereocenters. The first-order valence-corrected chi connectivity index (χ1v) is 10.5. The van der Waals surface area contributed by atoms with Gasteiger partial charge in [-0.25, -0.2) is 0 Å². The molecule has 1 fully saturated rings. The van der Waals surface area contributed by atoms with E-state index in [1.807, 2.05) is 73.7 Å². The fourth-order valence-electron chi connectivity index (χ4n) is 3.59. The number of aryl methyl sites for hydroxylation is 1.